The molecule has 198 valence electrons. The second-order valence-electron chi connectivity index (χ2n) is 9.99. The zero-order chi connectivity index (χ0) is 26.8. The van der Waals surface area contributed by atoms with Crippen LogP contribution in [0.3, 0.4) is 0 Å². The normalized spacial score (nSPS) is 29.1. The number of hydrogen-bond acceptors (Lipinski definition) is 6. The number of carbonyl (C=O) groups excluding carboxylic acids is 2. The van der Waals surface area contributed by atoms with E-state index in [1.54, 1.807) is 32.1 Å². The van der Waals surface area contributed by atoms with Crippen molar-refractivity contribution in [1.29, 1.82) is 0 Å². The number of carboxylic acid groups (broad SMARTS) is 1. The Morgan fingerprint density at radius 2 is 1.61 bits per heavy atom. The molecule has 2 bridgehead atoms. The summed E-state index contributed by atoms with van der Waals surface area (Å²) in [7, 11) is 0. The molecule has 7 heteroatoms. The average molecular weight is 501 g/mol. The van der Waals surface area contributed by atoms with Crippen molar-refractivity contribution in [3.8, 4) is 0 Å². The summed E-state index contributed by atoms with van der Waals surface area (Å²) in [6.45, 7) is 16.5. The molecule has 1 saturated heterocycles. The number of esters is 2. The maximum Gasteiger partial charge on any atom is 0.333 e. The SMILES string of the molecule is C=C(C)C(=O)OC1CC2CC1C1CCCC21.C=C(C)C(=O)OCC1CO1.C=CC=CC=C(C)C(=O)O. The first-order chi connectivity index (χ1) is 17.0. The van der Waals surface area contributed by atoms with Gasteiger partial charge in [-0.2, -0.15) is 0 Å². The first-order valence-electron chi connectivity index (χ1n) is 12.5. The number of fused-ring (bicyclic) bond motifs is 5. The van der Waals surface area contributed by atoms with Crippen LogP contribution >= 0.6 is 0 Å². The monoisotopic (exact) mass is 500 g/mol. The Hall–Kier alpha value is -2.93. The van der Waals surface area contributed by atoms with Gasteiger partial charge in [0.1, 0.15) is 18.8 Å². The first kappa shape index (κ1) is 29.3. The quantitative estimate of drug-likeness (QED) is 0.212. The first-order valence-corrected chi connectivity index (χ1v) is 12.5. The molecular formula is C29H40O7. The number of aliphatic carboxylic acids is 1. The highest BCUT2D eigenvalue weighted by molar-refractivity contribution is 5.87. The van der Waals surface area contributed by atoms with Crippen LogP contribution in [0.2, 0.25) is 0 Å². The van der Waals surface area contributed by atoms with E-state index in [1.165, 1.54) is 38.7 Å². The smallest absolute Gasteiger partial charge is 0.333 e. The summed E-state index contributed by atoms with van der Waals surface area (Å²) in [5.74, 6) is 1.92. The van der Waals surface area contributed by atoms with E-state index in [1.807, 2.05) is 0 Å². The summed E-state index contributed by atoms with van der Waals surface area (Å²) in [4.78, 5) is 32.4. The summed E-state index contributed by atoms with van der Waals surface area (Å²) in [5, 5.41) is 8.35. The van der Waals surface area contributed by atoms with Gasteiger partial charge in [0.2, 0.25) is 0 Å². The lowest BCUT2D eigenvalue weighted by Gasteiger charge is -2.31. The van der Waals surface area contributed by atoms with Crippen LogP contribution in [0.15, 0.2) is 60.8 Å². The number of carboxylic acids is 1. The molecule has 0 radical (unpaired) electrons. The second kappa shape index (κ2) is 14.0. The largest absolute Gasteiger partial charge is 0.478 e. The van der Waals surface area contributed by atoms with E-state index in [2.05, 4.69) is 19.7 Å². The van der Waals surface area contributed by atoms with Gasteiger partial charge in [0.15, 0.2) is 0 Å². The molecule has 6 unspecified atom stereocenters. The Bertz CT molecular complexity index is 909. The maximum atomic E-state index is 11.5. The van der Waals surface area contributed by atoms with Gasteiger partial charge in [-0.3, -0.25) is 0 Å². The molecule has 0 amide bonds. The van der Waals surface area contributed by atoms with Crippen molar-refractivity contribution in [2.45, 2.75) is 65.1 Å². The van der Waals surface area contributed by atoms with E-state index in [-0.39, 0.29) is 24.1 Å². The van der Waals surface area contributed by atoms with Crippen LogP contribution in [-0.2, 0) is 28.6 Å². The van der Waals surface area contributed by atoms with E-state index >= 15 is 0 Å². The van der Waals surface area contributed by atoms with E-state index in [4.69, 9.17) is 19.3 Å². The van der Waals surface area contributed by atoms with Crippen LogP contribution in [0, 0.1) is 23.7 Å². The van der Waals surface area contributed by atoms with Gasteiger partial charge >= 0.3 is 17.9 Å². The number of hydrogen-bond donors (Lipinski definition) is 1. The average Bonchev–Trinajstić information content (AvgIpc) is 3.22. The Balaban J connectivity index is 0.000000201. The summed E-state index contributed by atoms with van der Waals surface area (Å²) in [6.07, 6.45) is 13.4. The molecule has 0 spiro atoms. The van der Waals surface area contributed by atoms with Gasteiger partial charge in [-0.1, -0.05) is 50.5 Å². The molecule has 0 aromatic heterocycles. The van der Waals surface area contributed by atoms with Crippen molar-refractivity contribution in [2.75, 3.05) is 13.2 Å². The molecule has 0 aromatic carbocycles. The molecule has 4 fully saturated rings. The zero-order valence-corrected chi connectivity index (χ0v) is 21.7. The van der Waals surface area contributed by atoms with Gasteiger partial charge in [-0.15, -0.1) is 0 Å². The fraction of sp³-hybridized carbons (Fsp3) is 0.552. The van der Waals surface area contributed by atoms with Crippen LogP contribution < -0.4 is 0 Å². The molecule has 4 aliphatic rings. The Labute approximate surface area is 214 Å². The van der Waals surface area contributed by atoms with E-state index in [0.29, 0.717) is 35.9 Å². The minimum Gasteiger partial charge on any atom is -0.478 e. The van der Waals surface area contributed by atoms with E-state index in [9.17, 15) is 14.4 Å². The summed E-state index contributed by atoms with van der Waals surface area (Å²) < 4.78 is 15.2. The molecule has 3 aliphatic carbocycles. The molecule has 0 aromatic rings. The second-order valence-corrected chi connectivity index (χ2v) is 9.99. The summed E-state index contributed by atoms with van der Waals surface area (Å²) >= 11 is 0. The van der Waals surface area contributed by atoms with Crippen molar-refractivity contribution < 1.29 is 33.7 Å². The number of ether oxygens (including phenoxy) is 3. The Kier molecular flexibility index (Phi) is 11.4. The molecule has 4 rings (SSSR count). The lowest BCUT2D eigenvalue weighted by atomic mass is 9.80. The molecule has 6 atom stereocenters. The zero-order valence-electron chi connectivity index (χ0n) is 21.7. The van der Waals surface area contributed by atoms with Crippen molar-refractivity contribution in [2.24, 2.45) is 23.7 Å². The van der Waals surface area contributed by atoms with Crippen molar-refractivity contribution in [1.82, 2.24) is 0 Å². The number of epoxide rings is 1. The third-order valence-corrected chi connectivity index (χ3v) is 7.06. The van der Waals surface area contributed by atoms with Gasteiger partial charge in [0.05, 0.1) is 6.61 Å². The van der Waals surface area contributed by atoms with Crippen LogP contribution in [0.4, 0.5) is 0 Å². The molecular weight excluding hydrogens is 460 g/mol. The fourth-order valence-electron chi connectivity index (χ4n) is 5.18. The molecule has 7 nitrogen and oxygen atoms in total. The van der Waals surface area contributed by atoms with Crippen LogP contribution in [-0.4, -0.2) is 48.4 Å². The van der Waals surface area contributed by atoms with Crippen LogP contribution in [0.25, 0.3) is 0 Å². The van der Waals surface area contributed by atoms with Gasteiger partial charge in [-0.05, 0) is 70.1 Å². The predicted molar refractivity (Wildman–Crippen MR) is 138 cm³/mol. The minimum atomic E-state index is -0.895. The summed E-state index contributed by atoms with van der Waals surface area (Å²) in [5.41, 5.74) is 1.28. The summed E-state index contributed by atoms with van der Waals surface area (Å²) in [6, 6.07) is 0. The number of carbonyl (C=O) groups is 3. The number of rotatable bonds is 8. The highest BCUT2D eigenvalue weighted by Gasteiger charge is 2.55. The van der Waals surface area contributed by atoms with Gasteiger partial charge < -0.3 is 19.3 Å². The Morgan fingerprint density at radius 1 is 0.972 bits per heavy atom. The third-order valence-electron chi connectivity index (χ3n) is 7.06. The van der Waals surface area contributed by atoms with E-state index < -0.39 is 5.97 Å². The van der Waals surface area contributed by atoms with Crippen molar-refractivity contribution in [3.05, 3.63) is 60.8 Å². The number of allylic oxidation sites excluding steroid dienone is 4. The highest BCUT2D eigenvalue weighted by atomic mass is 16.6. The van der Waals surface area contributed by atoms with Gasteiger partial charge in [0.25, 0.3) is 0 Å². The molecule has 3 saturated carbocycles. The lowest BCUT2D eigenvalue weighted by Crippen LogP contribution is -2.32. The molecule has 1 aliphatic heterocycles. The highest BCUT2D eigenvalue weighted by Crippen LogP contribution is 2.59. The van der Waals surface area contributed by atoms with Crippen LogP contribution in [0.5, 0.6) is 0 Å². The fourth-order valence-corrected chi connectivity index (χ4v) is 5.18. The molecule has 1 N–H and O–H groups in total. The van der Waals surface area contributed by atoms with E-state index in [0.717, 1.165) is 24.2 Å². The van der Waals surface area contributed by atoms with Crippen LogP contribution in [0.1, 0.15) is 52.9 Å². The van der Waals surface area contributed by atoms with Gasteiger partial charge in [0, 0.05) is 16.7 Å². The van der Waals surface area contributed by atoms with Crippen molar-refractivity contribution >= 4 is 17.9 Å². The topological polar surface area (TPSA) is 102 Å². The van der Waals surface area contributed by atoms with Gasteiger partial charge in [-0.25, -0.2) is 14.4 Å². The molecule has 1 heterocycles. The third kappa shape index (κ3) is 8.94. The predicted octanol–water partition coefficient (Wildman–Crippen LogP) is 5.19. The molecule has 36 heavy (non-hydrogen) atoms. The Morgan fingerprint density at radius 3 is 2.17 bits per heavy atom. The minimum absolute atomic E-state index is 0.142. The standard InChI is InChI=1S/C14H20O2.C8H10O2.C7H10O3/c1-8(2)14(15)16-13-7-9-6-12(13)11-5-3-4-10(9)11;1-3-4-5-6-7(2)8(9)10;1-5(2)7(8)10-4-6-3-9-6/h9-13H,1,3-7H2,2H3;3-6H,1H2,2H3,(H,9,10);6H,1,3-4H2,2H3. The van der Waals surface area contributed by atoms with Crippen molar-refractivity contribution in [3.63, 3.8) is 0 Å². The lowest BCUT2D eigenvalue weighted by molar-refractivity contribution is -0.148. The maximum absolute atomic E-state index is 11.5.